The van der Waals surface area contributed by atoms with Gasteiger partial charge in [-0.3, -0.25) is 0 Å². The average Bonchev–Trinajstić information content (AvgIpc) is 2.91. The van der Waals surface area contributed by atoms with E-state index in [0.29, 0.717) is 12.6 Å². The van der Waals surface area contributed by atoms with E-state index in [9.17, 15) is 0 Å². The maximum Gasteiger partial charge on any atom is 0.166 e. The van der Waals surface area contributed by atoms with Gasteiger partial charge in [0.25, 0.3) is 0 Å². The van der Waals surface area contributed by atoms with Crippen LogP contribution in [-0.2, 0) is 0 Å². The molecule has 1 atom stereocenters. The molecule has 1 unspecified atom stereocenters. The van der Waals surface area contributed by atoms with Crippen LogP contribution in [0.1, 0.15) is 44.1 Å². The van der Waals surface area contributed by atoms with Crippen molar-refractivity contribution >= 4 is 15.9 Å². The molecule has 0 spiro atoms. The summed E-state index contributed by atoms with van der Waals surface area (Å²) in [5.41, 5.74) is 6.94. The fraction of sp³-hybridized carbons (Fsp3) is 0.600. The lowest BCUT2D eigenvalue weighted by Crippen LogP contribution is -2.16. The van der Waals surface area contributed by atoms with E-state index in [1.54, 1.807) is 7.11 Å². The number of methoxy groups -OCH3 is 1. The van der Waals surface area contributed by atoms with Gasteiger partial charge in [-0.05, 0) is 50.3 Å². The van der Waals surface area contributed by atoms with Gasteiger partial charge in [0.05, 0.1) is 13.2 Å². The zero-order valence-corrected chi connectivity index (χ0v) is 13.2. The van der Waals surface area contributed by atoms with Gasteiger partial charge in [-0.15, -0.1) is 0 Å². The number of halogens is 1. The van der Waals surface area contributed by atoms with E-state index in [0.717, 1.165) is 34.4 Å². The van der Waals surface area contributed by atoms with Crippen molar-refractivity contribution in [3.63, 3.8) is 0 Å². The van der Waals surface area contributed by atoms with E-state index in [4.69, 9.17) is 15.2 Å². The molecule has 0 radical (unpaired) electrons. The summed E-state index contributed by atoms with van der Waals surface area (Å²) < 4.78 is 12.7. The van der Waals surface area contributed by atoms with E-state index in [2.05, 4.69) is 22.9 Å². The Morgan fingerprint density at radius 1 is 1.37 bits per heavy atom. The van der Waals surface area contributed by atoms with Crippen molar-refractivity contribution < 1.29 is 9.47 Å². The Balaban J connectivity index is 2.37. The molecule has 0 aliphatic heterocycles. The molecule has 1 aliphatic rings. The van der Waals surface area contributed by atoms with Crippen molar-refractivity contribution in [3.05, 3.63) is 22.2 Å². The predicted molar refractivity (Wildman–Crippen MR) is 81.0 cm³/mol. The SMILES string of the molecule is COc1ccc(Br)c(C(C)CN)c1OC1CCCC1. The number of benzene rings is 1. The molecular formula is C15H22BrNO2. The van der Waals surface area contributed by atoms with E-state index in [-0.39, 0.29) is 5.92 Å². The number of hydrogen-bond acceptors (Lipinski definition) is 3. The molecule has 0 aromatic heterocycles. The largest absolute Gasteiger partial charge is 0.493 e. The van der Waals surface area contributed by atoms with E-state index < -0.39 is 0 Å². The first kappa shape index (κ1) is 14.7. The molecule has 19 heavy (non-hydrogen) atoms. The third-order valence-corrected chi connectivity index (χ3v) is 4.45. The van der Waals surface area contributed by atoms with Gasteiger partial charge >= 0.3 is 0 Å². The van der Waals surface area contributed by atoms with E-state index in [1.807, 2.05) is 12.1 Å². The minimum absolute atomic E-state index is 0.237. The number of rotatable bonds is 5. The molecule has 0 heterocycles. The van der Waals surface area contributed by atoms with Crippen LogP contribution < -0.4 is 15.2 Å². The Labute approximate surface area is 123 Å². The first-order chi connectivity index (χ1) is 9.17. The Bertz CT molecular complexity index is 430. The molecule has 1 aliphatic carbocycles. The van der Waals surface area contributed by atoms with Gasteiger partial charge in [0, 0.05) is 10.0 Å². The maximum absolute atomic E-state index is 6.22. The molecule has 1 aromatic carbocycles. The molecule has 0 saturated heterocycles. The van der Waals surface area contributed by atoms with Crippen LogP contribution in [0.4, 0.5) is 0 Å². The molecule has 0 bridgehead atoms. The summed E-state index contributed by atoms with van der Waals surface area (Å²) in [5.74, 6) is 1.90. The Kier molecular flexibility index (Phi) is 5.11. The second-order valence-corrected chi connectivity index (χ2v) is 6.01. The van der Waals surface area contributed by atoms with Crippen LogP contribution in [0, 0.1) is 0 Å². The van der Waals surface area contributed by atoms with Crippen LogP contribution in [0.2, 0.25) is 0 Å². The minimum atomic E-state index is 0.237. The van der Waals surface area contributed by atoms with Crippen LogP contribution in [0.3, 0.4) is 0 Å². The summed E-state index contributed by atoms with van der Waals surface area (Å²) in [4.78, 5) is 0. The van der Waals surface area contributed by atoms with Crippen LogP contribution >= 0.6 is 15.9 Å². The molecule has 1 fully saturated rings. The summed E-state index contributed by atoms with van der Waals surface area (Å²) in [7, 11) is 1.68. The fourth-order valence-corrected chi connectivity index (χ4v) is 3.29. The van der Waals surface area contributed by atoms with Gasteiger partial charge in [0.1, 0.15) is 0 Å². The smallest absolute Gasteiger partial charge is 0.166 e. The molecule has 4 heteroatoms. The third-order valence-electron chi connectivity index (χ3n) is 3.76. The molecule has 2 N–H and O–H groups in total. The Hall–Kier alpha value is -0.740. The highest BCUT2D eigenvalue weighted by Gasteiger charge is 2.24. The predicted octanol–water partition coefficient (Wildman–Crippen LogP) is 3.84. The molecule has 1 saturated carbocycles. The fourth-order valence-electron chi connectivity index (χ4n) is 2.59. The van der Waals surface area contributed by atoms with Gasteiger partial charge in [0.15, 0.2) is 11.5 Å². The van der Waals surface area contributed by atoms with Crippen molar-refractivity contribution in [3.8, 4) is 11.5 Å². The Morgan fingerprint density at radius 2 is 2.05 bits per heavy atom. The highest BCUT2D eigenvalue weighted by atomic mass is 79.9. The molecule has 1 aromatic rings. The summed E-state index contributed by atoms with van der Waals surface area (Å²) in [6, 6.07) is 3.95. The molecular weight excluding hydrogens is 306 g/mol. The summed E-state index contributed by atoms with van der Waals surface area (Å²) in [6.07, 6.45) is 5.08. The van der Waals surface area contributed by atoms with Gasteiger partial charge in [-0.1, -0.05) is 22.9 Å². The lowest BCUT2D eigenvalue weighted by atomic mass is 9.99. The van der Waals surface area contributed by atoms with Crippen LogP contribution in [0.25, 0.3) is 0 Å². The van der Waals surface area contributed by atoms with E-state index >= 15 is 0 Å². The van der Waals surface area contributed by atoms with Gasteiger partial charge < -0.3 is 15.2 Å². The number of ether oxygens (including phenoxy) is 2. The van der Waals surface area contributed by atoms with Crippen molar-refractivity contribution in [1.82, 2.24) is 0 Å². The summed E-state index contributed by atoms with van der Waals surface area (Å²) in [6.45, 7) is 2.70. The Morgan fingerprint density at radius 3 is 2.63 bits per heavy atom. The van der Waals surface area contributed by atoms with Gasteiger partial charge in [-0.25, -0.2) is 0 Å². The van der Waals surface area contributed by atoms with Crippen LogP contribution in [-0.4, -0.2) is 19.8 Å². The third kappa shape index (κ3) is 3.23. The lowest BCUT2D eigenvalue weighted by Gasteiger charge is -2.22. The molecule has 3 nitrogen and oxygen atoms in total. The average molecular weight is 328 g/mol. The van der Waals surface area contributed by atoms with Crippen LogP contribution in [0.15, 0.2) is 16.6 Å². The zero-order chi connectivity index (χ0) is 13.8. The van der Waals surface area contributed by atoms with Crippen LogP contribution in [0.5, 0.6) is 11.5 Å². The van der Waals surface area contributed by atoms with Crippen molar-refractivity contribution in [2.75, 3.05) is 13.7 Å². The number of nitrogens with two attached hydrogens (primary N) is 1. The van der Waals surface area contributed by atoms with Gasteiger partial charge in [0.2, 0.25) is 0 Å². The number of hydrogen-bond donors (Lipinski definition) is 1. The molecule has 2 rings (SSSR count). The first-order valence-corrected chi connectivity index (χ1v) is 7.69. The van der Waals surface area contributed by atoms with Crippen molar-refractivity contribution in [2.24, 2.45) is 5.73 Å². The maximum atomic E-state index is 6.22. The van der Waals surface area contributed by atoms with Gasteiger partial charge in [-0.2, -0.15) is 0 Å². The van der Waals surface area contributed by atoms with Crippen molar-refractivity contribution in [2.45, 2.75) is 44.6 Å². The summed E-state index contributed by atoms with van der Waals surface area (Å²) >= 11 is 3.61. The zero-order valence-electron chi connectivity index (χ0n) is 11.6. The monoisotopic (exact) mass is 327 g/mol. The molecule has 106 valence electrons. The quantitative estimate of drug-likeness (QED) is 0.893. The molecule has 0 amide bonds. The topological polar surface area (TPSA) is 44.5 Å². The normalized spacial score (nSPS) is 17.5. The lowest BCUT2D eigenvalue weighted by molar-refractivity contribution is 0.197. The van der Waals surface area contributed by atoms with Crippen molar-refractivity contribution in [1.29, 1.82) is 0 Å². The summed E-state index contributed by atoms with van der Waals surface area (Å²) in [5, 5.41) is 0. The highest BCUT2D eigenvalue weighted by molar-refractivity contribution is 9.10. The second-order valence-electron chi connectivity index (χ2n) is 5.15. The van der Waals surface area contributed by atoms with E-state index in [1.165, 1.54) is 12.8 Å². The first-order valence-electron chi connectivity index (χ1n) is 6.90. The minimum Gasteiger partial charge on any atom is -0.493 e. The second kappa shape index (κ2) is 6.62. The standard InChI is InChI=1S/C15H22BrNO2/c1-10(9-17)14-12(16)7-8-13(18-2)15(14)19-11-5-3-4-6-11/h7-8,10-11H,3-6,9,17H2,1-2H3. The highest BCUT2D eigenvalue weighted by Crippen LogP contribution is 2.42.